The van der Waals surface area contributed by atoms with Crippen molar-refractivity contribution in [1.82, 2.24) is 20.1 Å². The maximum absolute atomic E-state index is 12.8. The van der Waals surface area contributed by atoms with Crippen molar-refractivity contribution < 1.29 is 9.53 Å². The fourth-order valence-electron chi connectivity index (χ4n) is 4.84. The average molecular weight is 537 g/mol. The molecule has 0 saturated carbocycles. The predicted molar refractivity (Wildman–Crippen MR) is 156 cm³/mol. The van der Waals surface area contributed by atoms with Crippen LogP contribution in [0.15, 0.2) is 84.2 Å². The average Bonchev–Trinajstić information content (AvgIpc) is 3.46. The van der Waals surface area contributed by atoms with E-state index >= 15 is 0 Å². The van der Waals surface area contributed by atoms with Crippen LogP contribution in [0.25, 0.3) is 33.3 Å². The van der Waals surface area contributed by atoms with E-state index in [1.807, 2.05) is 60.0 Å². The van der Waals surface area contributed by atoms with E-state index in [2.05, 4.69) is 54.6 Å². The van der Waals surface area contributed by atoms with Crippen molar-refractivity contribution >= 4 is 39.0 Å². The molecule has 39 heavy (non-hydrogen) atoms. The SMILES string of the molecule is COc1ccc(-c2csc(NC(=O)CN3CCN(c4nnc(-c5ccccc5)c5ccccc45)CC3)n2)cc1. The summed E-state index contributed by atoms with van der Waals surface area (Å²) in [6, 6.07) is 26.2. The van der Waals surface area contributed by atoms with Gasteiger partial charge in [0.05, 0.1) is 19.3 Å². The molecular weight excluding hydrogens is 508 g/mol. The number of ether oxygens (including phenoxy) is 1. The van der Waals surface area contributed by atoms with E-state index in [9.17, 15) is 4.79 Å². The number of anilines is 2. The van der Waals surface area contributed by atoms with Crippen LogP contribution in [0.1, 0.15) is 0 Å². The summed E-state index contributed by atoms with van der Waals surface area (Å²) in [6.45, 7) is 3.40. The van der Waals surface area contributed by atoms with Gasteiger partial charge in [0, 0.05) is 53.5 Å². The molecule has 1 saturated heterocycles. The molecule has 0 aliphatic carbocycles. The number of nitrogens with one attached hydrogen (secondary N) is 1. The van der Waals surface area contributed by atoms with Crippen LogP contribution in [0.4, 0.5) is 10.9 Å². The molecule has 1 N–H and O–H groups in total. The lowest BCUT2D eigenvalue weighted by Gasteiger charge is -2.35. The molecule has 2 aromatic heterocycles. The minimum absolute atomic E-state index is 0.0588. The number of carbonyl (C=O) groups excluding carboxylic acids is 1. The van der Waals surface area contributed by atoms with Crippen LogP contribution < -0.4 is 15.0 Å². The predicted octanol–water partition coefficient (Wildman–Crippen LogP) is 5.19. The number of amides is 1. The van der Waals surface area contributed by atoms with Gasteiger partial charge in [-0.05, 0) is 24.3 Å². The number of hydrogen-bond acceptors (Lipinski definition) is 8. The van der Waals surface area contributed by atoms with Gasteiger partial charge in [0.25, 0.3) is 0 Å². The molecule has 9 heteroatoms. The third-order valence-corrected chi connectivity index (χ3v) is 7.65. The highest BCUT2D eigenvalue weighted by molar-refractivity contribution is 7.14. The smallest absolute Gasteiger partial charge is 0.240 e. The number of thiazole rings is 1. The molecule has 5 aromatic rings. The second kappa shape index (κ2) is 11.2. The summed E-state index contributed by atoms with van der Waals surface area (Å²) in [5, 5.41) is 17.0. The van der Waals surface area contributed by atoms with E-state index in [0.717, 1.165) is 71.0 Å². The van der Waals surface area contributed by atoms with Gasteiger partial charge in [-0.1, -0.05) is 54.6 Å². The first-order valence-corrected chi connectivity index (χ1v) is 13.7. The van der Waals surface area contributed by atoms with Gasteiger partial charge in [0.1, 0.15) is 11.4 Å². The molecular formula is C30H28N6O2S. The van der Waals surface area contributed by atoms with Gasteiger partial charge < -0.3 is 15.0 Å². The van der Waals surface area contributed by atoms with Crippen molar-refractivity contribution in [2.45, 2.75) is 0 Å². The van der Waals surface area contributed by atoms with E-state index < -0.39 is 0 Å². The number of rotatable bonds is 7. The van der Waals surface area contributed by atoms with E-state index in [-0.39, 0.29) is 5.91 Å². The highest BCUT2D eigenvalue weighted by atomic mass is 32.1. The van der Waals surface area contributed by atoms with Crippen molar-refractivity contribution in [2.24, 2.45) is 0 Å². The molecule has 1 fully saturated rings. The topological polar surface area (TPSA) is 83.5 Å². The van der Waals surface area contributed by atoms with Crippen LogP contribution in [0.2, 0.25) is 0 Å². The van der Waals surface area contributed by atoms with Crippen LogP contribution in [0.3, 0.4) is 0 Å². The Hall–Kier alpha value is -4.34. The number of hydrogen-bond donors (Lipinski definition) is 1. The highest BCUT2D eigenvalue weighted by Gasteiger charge is 2.23. The number of benzene rings is 3. The molecule has 6 rings (SSSR count). The molecule has 3 aromatic carbocycles. The second-order valence-electron chi connectivity index (χ2n) is 9.36. The minimum Gasteiger partial charge on any atom is -0.497 e. The van der Waals surface area contributed by atoms with Gasteiger partial charge in [-0.2, -0.15) is 0 Å². The number of carbonyl (C=O) groups is 1. The highest BCUT2D eigenvalue weighted by Crippen LogP contribution is 2.32. The zero-order valence-corrected chi connectivity index (χ0v) is 22.4. The number of piperazine rings is 1. The van der Waals surface area contributed by atoms with Crippen molar-refractivity contribution in [3.63, 3.8) is 0 Å². The summed E-state index contributed by atoms with van der Waals surface area (Å²) >= 11 is 1.43. The first kappa shape index (κ1) is 25.0. The molecule has 196 valence electrons. The zero-order chi connectivity index (χ0) is 26.6. The monoisotopic (exact) mass is 536 g/mol. The molecule has 0 radical (unpaired) electrons. The van der Waals surface area contributed by atoms with Crippen LogP contribution in [-0.2, 0) is 4.79 Å². The van der Waals surface area contributed by atoms with E-state index in [0.29, 0.717) is 11.7 Å². The summed E-state index contributed by atoms with van der Waals surface area (Å²) in [5.41, 5.74) is 3.76. The Labute approximate surface area is 230 Å². The summed E-state index contributed by atoms with van der Waals surface area (Å²) in [6.07, 6.45) is 0. The molecule has 1 amide bonds. The zero-order valence-electron chi connectivity index (χ0n) is 21.6. The van der Waals surface area contributed by atoms with E-state index in [1.54, 1.807) is 7.11 Å². The molecule has 0 bridgehead atoms. The number of aromatic nitrogens is 3. The van der Waals surface area contributed by atoms with Crippen molar-refractivity contribution in [2.75, 3.05) is 50.1 Å². The maximum Gasteiger partial charge on any atom is 0.240 e. The first-order valence-electron chi connectivity index (χ1n) is 12.9. The molecule has 8 nitrogen and oxygen atoms in total. The third kappa shape index (κ3) is 5.45. The van der Waals surface area contributed by atoms with Gasteiger partial charge in [0.15, 0.2) is 10.9 Å². The lowest BCUT2D eigenvalue weighted by atomic mass is 10.0. The lowest BCUT2D eigenvalue weighted by Crippen LogP contribution is -2.49. The molecule has 0 spiro atoms. The Kier molecular flexibility index (Phi) is 7.16. The van der Waals surface area contributed by atoms with Gasteiger partial charge in [-0.15, -0.1) is 21.5 Å². The Morgan fingerprint density at radius 2 is 1.59 bits per heavy atom. The molecule has 0 atom stereocenters. The lowest BCUT2D eigenvalue weighted by molar-refractivity contribution is -0.117. The van der Waals surface area contributed by atoms with Crippen molar-refractivity contribution in [1.29, 1.82) is 0 Å². The normalized spacial score (nSPS) is 13.9. The summed E-state index contributed by atoms with van der Waals surface area (Å²) in [4.78, 5) is 21.8. The minimum atomic E-state index is -0.0588. The number of fused-ring (bicyclic) bond motifs is 1. The largest absolute Gasteiger partial charge is 0.497 e. The molecule has 1 aliphatic heterocycles. The third-order valence-electron chi connectivity index (χ3n) is 6.89. The standard InChI is InChI=1S/C30H28N6O2S/c1-38-23-13-11-21(12-14-23)26-20-39-30(31-26)32-27(37)19-35-15-17-36(18-16-35)29-25-10-6-5-9-24(25)28(33-34-29)22-7-3-2-4-8-22/h2-14,20H,15-19H2,1H3,(H,31,32,37). The number of methoxy groups -OCH3 is 1. The Morgan fingerprint density at radius 3 is 2.33 bits per heavy atom. The Morgan fingerprint density at radius 1 is 0.872 bits per heavy atom. The fraction of sp³-hybridized carbons (Fsp3) is 0.200. The molecule has 0 unspecified atom stereocenters. The van der Waals surface area contributed by atoms with Crippen LogP contribution in [0.5, 0.6) is 5.75 Å². The maximum atomic E-state index is 12.8. The van der Waals surface area contributed by atoms with Crippen LogP contribution >= 0.6 is 11.3 Å². The fourth-order valence-corrected chi connectivity index (χ4v) is 5.57. The van der Waals surface area contributed by atoms with E-state index in [4.69, 9.17) is 4.74 Å². The Balaban J connectivity index is 1.08. The van der Waals surface area contributed by atoms with Gasteiger partial charge in [0.2, 0.25) is 5.91 Å². The summed E-state index contributed by atoms with van der Waals surface area (Å²) in [7, 11) is 1.64. The van der Waals surface area contributed by atoms with Crippen molar-refractivity contribution in [3.8, 4) is 28.3 Å². The first-order chi connectivity index (χ1) is 19.2. The second-order valence-corrected chi connectivity index (χ2v) is 10.2. The Bertz CT molecular complexity index is 1580. The van der Waals surface area contributed by atoms with Gasteiger partial charge in [-0.3, -0.25) is 9.69 Å². The van der Waals surface area contributed by atoms with E-state index in [1.165, 1.54) is 11.3 Å². The number of nitrogens with zero attached hydrogens (tertiary/aromatic N) is 5. The van der Waals surface area contributed by atoms with Crippen LogP contribution in [-0.4, -0.2) is 65.8 Å². The van der Waals surface area contributed by atoms with Gasteiger partial charge in [-0.25, -0.2) is 4.98 Å². The molecule has 3 heterocycles. The molecule has 1 aliphatic rings. The summed E-state index contributed by atoms with van der Waals surface area (Å²) in [5.74, 6) is 1.63. The summed E-state index contributed by atoms with van der Waals surface area (Å²) < 4.78 is 5.22. The van der Waals surface area contributed by atoms with Crippen LogP contribution in [0, 0.1) is 0 Å². The van der Waals surface area contributed by atoms with Crippen molar-refractivity contribution in [3.05, 3.63) is 84.2 Å². The van der Waals surface area contributed by atoms with Gasteiger partial charge >= 0.3 is 0 Å². The quantitative estimate of drug-likeness (QED) is 0.307.